The largest absolute Gasteiger partial charge is 0.495 e. The van der Waals surface area contributed by atoms with Crippen LogP contribution in [-0.4, -0.2) is 55.8 Å². The molecule has 4 rings (SSSR count). The van der Waals surface area contributed by atoms with Crippen molar-refractivity contribution in [2.45, 2.75) is 6.42 Å². The quantitative estimate of drug-likeness (QED) is 0.460. The summed E-state index contributed by atoms with van der Waals surface area (Å²) in [6.07, 6.45) is 2.87. The molecule has 1 saturated heterocycles. The van der Waals surface area contributed by atoms with Crippen LogP contribution in [0.2, 0.25) is 15.2 Å². The maximum absolute atomic E-state index is 6.64. The van der Waals surface area contributed by atoms with Crippen molar-refractivity contribution in [1.29, 1.82) is 0 Å². The molecule has 2 aromatic heterocycles. The minimum atomic E-state index is 0.366. The van der Waals surface area contributed by atoms with Crippen LogP contribution in [0.3, 0.4) is 0 Å². The summed E-state index contributed by atoms with van der Waals surface area (Å²) in [7, 11) is 5.23. The third-order valence-electron chi connectivity index (χ3n) is 5.56. The number of hydrogen-bond acceptors (Lipinski definition) is 6. The SMILES string of the molecule is COc1cc(OC)c(Cl)c(-c2cc3cnc(Cl)cc3c(NCC3CCN(C)C3)n2)c1Cl. The molecular weight excluding hydrogens is 459 g/mol. The number of likely N-dealkylation sites (tertiary alicyclic amines) is 1. The van der Waals surface area contributed by atoms with Crippen molar-refractivity contribution < 1.29 is 9.47 Å². The Morgan fingerprint density at radius 1 is 1.10 bits per heavy atom. The highest BCUT2D eigenvalue weighted by Gasteiger charge is 2.23. The predicted molar refractivity (Wildman–Crippen MR) is 127 cm³/mol. The molecule has 0 bridgehead atoms. The fourth-order valence-electron chi connectivity index (χ4n) is 3.93. The third kappa shape index (κ3) is 4.48. The van der Waals surface area contributed by atoms with Crippen molar-refractivity contribution >= 4 is 51.4 Å². The molecule has 0 radical (unpaired) electrons. The van der Waals surface area contributed by atoms with E-state index in [-0.39, 0.29) is 0 Å². The summed E-state index contributed by atoms with van der Waals surface area (Å²) in [6.45, 7) is 2.96. The number of pyridine rings is 2. The fraction of sp³-hybridized carbons (Fsp3) is 0.364. The molecule has 31 heavy (non-hydrogen) atoms. The lowest BCUT2D eigenvalue weighted by Crippen LogP contribution is -2.19. The van der Waals surface area contributed by atoms with E-state index < -0.39 is 0 Å². The van der Waals surface area contributed by atoms with Gasteiger partial charge in [-0.05, 0) is 38.1 Å². The van der Waals surface area contributed by atoms with Crippen molar-refractivity contribution in [1.82, 2.24) is 14.9 Å². The molecular formula is C22H23Cl3N4O2. The second kappa shape index (κ2) is 9.25. The zero-order valence-corrected chi connectivity index (χ0v) is 19.8. The lowest BCUT2D eigenvalue weighted by molar-refractivity contribution is 0.395. The summed E-state index contributed by atoms with van der Waals surface area (Å²) in [6, 6.07) is 5.36. The summed E-state index contributed by atoms with van der Waals surface area (Å²) >= 11 is 19.4. The van der Waals surface area contributed by atoms with Crippen LogP contribution in [0.25, 0.3) is 22.0 Å². The number of fused-ring (bicyclic) bond motifs is 1. The van der Waals surface area contributed by atoms with Gasteiger partial charge in [0.25, 0.3) is 0 Å². The van der Waals surface area contributed by atoms with Crippen LogP contribution >= 0.6 is 34.8 Å². The first-order valence-corrected chi connectivity index (χ1v) is 11.0. The molecule has 0 spiro atoms. The average Bonchev–Trinajstić information content (AvgIpc) is 3.17. The Morgan fingerprint density at radius 3 is 2.42 bits per heavy atom. The molecule has 1 atom stereocenters. The van der Waals surface area contributed by atoms with Crippen LogP contribution in [-0.2, 0) is 0 Å². The number of nitrogens with zero attached hydrogens (tertiary/aromatic N) is 3. The molecule has 6 nitrogen and oxygen atoms in total. The number of aromatic nitrogens is 2. The Hall–Kier alpha value is -1.99. The Morgan fingerprint density at radius 2 is 1.81 bits per heavy atom. The molecule has 1 aliphatic rings. The maximum Gasteiger partial charge on any atom is 0.141 e. The van der Waals surface area contributed by atoms with Crippen molar-refractivity contribution in [3.63, 3.8) is 0 Å². The number of anilines is 1. The van der Waals surface area contributed by atoms with Crippen LogP contribution in [0, 0.1) is 5.92 Å². The molecule has 9 heteroatoms. The fourth-order valence-corrected chi connectivity index (χ4v) is 4.78. The van der Waals surface area contributed by atoms with Gasteiger partial charge in [0, 0.05) is 41.7 Å². The van der Waals surface area contributed by atoms with Gasteiger partial charge in [-0.15, -0.1) is 0 Å². The van der Waals surface area contributed by atoms with E-state index in [0.29, 0.717) is 49.7 Å². The molecule has 1 unspecified atom stereocenters. The van der Waals surface area contributed by atoms with E-state index in [9.17, 15) is 0 Å². The zero-order valence-electron chi connectivity index (χ0n) is 17.5. The number of halogens is 3. The average molecular weight is 482 g/mol. The van der Waals surface area contributed by atoms with Gasteiger partial charge in [0.15, 0.2) is 0 Å². The highest BCUT2D eigenvalue weighted by Crippen LogP contribution is 2.46. The van der Waals surface area contributed by atoms with Gasteiger partial charge in [-0.1, -0.05) is 34.8 Å². The molecule has 1 aliphatic heterocycles. The summed E-state index contributed by atoms with van der Waals surface area (Å²) in [5, 5.41) is 6.41. The molecule has 164 valence electrons. The Labute approximate surface area is 196 Å². The van der Waals surface area contributed by atoms with Gasteiger partial charge in [-0.25, -0.2) is 9.97 Å². The van der Waals surface area contributed by atoms with E-state index >= 15 is 0 Å². The first-order chi connectivity index (χ1) is 14.9. The van der Waals surface area contributed by atoms with E-state index in [1.165, 1.54) is 0 Å². The standard InChI is InChI=1S/C22H23Cl3N4O2/c1-29-5-4-12(11-29)9-27-22-14-7-18(23)26-10-13(14)6-15(28-22)19-20(24)16(30-2)8-17(31-3)21(19)25/h6-8,10,12H,4-5,9,11H2,1-3H3,(H,27,28). The topological polar surface area (TPSA) is 59.5 Å². The summed E-state index contributed by atoms with van der Waals surface area (Å²) in [5.74, 6) is 2.17. The number of ether oxygens (including phenoxy) is 2. The second-order valence-corrected chi connectivity index (χ2v) is 8.81. The van der Waals surface area contributed by atoms with Crippen LogP contribution in [0.15, 0.2) is 24.4 Å². The van der Waals surface area contributed by atoms with Gasteiger partial charge in [0.1, 0.15) is 22.5 Å². The van der Waals surface area contributed by atoms with Crippen molar-refractivity contribution in [2.75, 3.05) is 46.2 Å². The molecule has 1 N–H and O–H groups in total. The minimum absolute atomic E-state index is 0.366. The van der Waals surface area contributed by atoms with E-state index in [2.05, 4.69) is 22.2 Å². The molecule has 0 amide bonds. The van der Waals surface area contributed by atoms with Gasteiger partial charge < -0.3 is 19.7 Å². The van der Waals surface area contributed by atoms with Crippen molar-refractivity contribution in [3.8, 4) is 22.8 Å². The third-order valence-corrected chi connectivity index (χ3v) is 6.52. The molecule has 0 saturated carbocycles. The first-order valence-electron chi connectivity index (χ1n) is 9.90. The smallest absolute Gasteiger partial charge is 0.141 e. The molecule has 1 fully saturated rings. The Kier molecular flexibility index (Phi) is 6.63. The summed E-state index contributed by atoms with van der Waals surface area (Å²) < 4.78 is 10.8. The maximum atomic E-state index is 6.64. The number of hydrogen-bond donors (Lipinski definition) is 1. The van der Waals surface area contributed by atoms with Crippen LogP contribution in [0.4, 0.5) is 5.82 Å². The molecule has 3 aromatic rings. The van der Waals surface area contributed by atoms with Crippen LogP contribution < -0.4 is 14.8 Å². The zero-order chi connectivity index (χ0) is 22.1. The normalized spacial score (nSPS) is 16.6. The summed E-state index contributed by atoms with van der Waals surface area (Å²) in [4.78, 5) is 11.4. The second-order valence-electron chi connectivity index (χ2n) is 7.67. The van der Waals surface area contributed by atoms with Gasteiger partial charge in [-0.2, -0.15) is 0 Å². The Balaban J connectivity index is 1.83. The highest BCUT2D eigenvalue weighted by atomic mass is 35.5. The minimum Gasteiger partial charge on any atom is -0.495 e. The lowest BCUT2D eigenvalue weighted by Gasteiger charge is -2.17. The first kappa shape index (κ1) is 22.2. The van der Waals surface area contributed by atoms with Crippen molar-refractivity contribution in [3.05, 3.63) is 39.6 Å². The van der Waals surface area contributed by atoms with Gasteiger partial charge in [-0.3, -0.25) is 0 Å². The molecule has 1 aromatic carbocycles. The van der Waals surface area contributed by atoms with Gasteiger partial charge in [0.2, 0.25) is 0 Å². The van der Waals surface area contributed by atoms with Gasteiger partial charge >= 0.3 is 0 Å². The number of rotatable bonds is 6. The van der Waals surface area contributed by atoms with Crippen molar-refractivity contribution in [2.24, 2.45) is 5.92 Å². The molecule has 0 aliphatic carbocycles. The predicted octanol–water partition coefficient (Wildman–Crippen LogP) is 5.64. The van der Waals surface area contributed by atoms with Crippen LogP contribution in [0.5, 0.6) is 11.5 Å². The number of nitrogens with one attached hydrogen (secondary N) is 1. The van der Waals surface area contributed by atoms with Crippen LogP contribution in [0.1, 0.15) is 6.42 Å². The monoisotopic (exact) mass is 480 g/mol. The van der Waals surface area contributed by atoms with E-state index in [4.69, 9.17) is 49.3 Å². The summed E-state index contributed by atoms with van der Waals surface area (Å²) in [5.41, 5.74) is 1.13. The van der Waals surface area contributed by atoms with E-state index in [1.807, 2.05) is 12.1 Å². The van der Waals surface area contributed by atoms with E-state index in [1.54, 1.807) is 26.5 Å². The number of methoxy groups -OCH3 is 2. The highest BCUT2D eigenvalue weighted by molar-refractivity contribution is 6.41. The van der Waals surface area contributed by atoms with E-state index in [0.717, 1.165) is 36.8 Å². The Bertz CT molecular complexity index is 1100. The lowest BCUT2D eigenvalue weighted by atomic mass is 10.1. The molecule has 3 heterocycles. The van der Waals surface area contributed by atoms with Gasteiger partial charge in [0.05, 0.1) is 30.0 Å². The number of benzene rings is 1.